The summed E-state index contributed by atoms with van der Waals surface area (Å²) in [5, 5.41) is 12.3. The summed E-state index contributed by atoms with van der Waals surface area (Å²) in [5.74, 6) is 0.0925. The van der Waals surface area contributed by atoms with Crippen molar-refractivity contribution in [3.63, 3.8) is 0 Å². The molecule has 0 unspecified atom stereocenters. The van der Waals surface area contributed by atoms with Gasteiger partial charge in [-0.25, -0.2) is 0 Å². The number of carbonyl (C=O) groups excluding carboxylic acids is 1. The van der Waals surface area contributed by atoms with E-state index in [0.29, 0.717) is 5.16 Å². The second-order valence-corrected chi connectivity index (χ2v) is 7.84. The van der Waals surface area contributed by atoms with Gasteiger partial charge in [0.1, 0.15) is 0 Å². The Morgan fingerprint density at radius 1 is 1.00 bits per heavy atom. The zero-order chi connectivity index (χ0) is 18.8. The SMILES string of the molecule is Cc1cc(C)c(C(=O)[C@@H](C)Sc2nnnn2-c2ccccc2C)cc1C. The van der Waals surface area contributed by atoms with E-state index in [2.05, 4.69) is 28.5 Å². The number of tetrazole rings is 1. The van der Waals surface area contributed by atoms with Crippen molar-refractivity contribution in [2.75, 3.05) is 0 Å². The van der Waals surface area contributed by atoms with Crippen LogP contribution < -0.4 is 0 Å². The molecule has 5 nitrogen and oxygen atoms in total. The molecule has 0 amide bonds. The van der Waals surface area contributed by atoms with E-state index < -0.39 is 0 Å². The number of nitrogens with zero attached hydrogens (tertiary/aromatic N) is 4. The monoisotopic (exact) mass is 366 g/mol. The van der Waals surface area contributed by atoms with Gasteiger partial charge in [0, 0.05) is 5.56 Å². The van der Waals surface area contributed by atoms with Crippen molar-refractivity contribution in [2.24, 2.45) is 0 Å². The summed E-state index contributed by atoms with van der Waals surface area (Å²) in [4.78, 5) is 13.0. The highest BCUT2D eigenvalue weighted by Gasteiger charge is 2.22. The summed E-state index contributed by atoms with van der Waals surface area (Å²) in [7, 11) is 0. The zero-order valence-corrected chi connectivity index (χ0v) is 16.5. The second-order valence-electron chi connectivity index (χ2n) is 6.54. The number of benzene rings is 2. The highest BCUT2D eigenvalue weighted by Crippen LogP contribution is 2.27. The molecule has 1 atom stereocenters. The molecule has 0 N–H and O–H groups in total. The Bertz CT molecular complexity index is 964. The molecular formula is C20H22N4OS. The van der Waals surface area contributed by atoms with Crippen molar-refractivity contribution in [3.8, 4) is 5.69 Å². The van der Waals surface area contributed by atoms with Gasteiger partial charge >= 0.3 is 0 Å². The molecule has 3 aromatic rings. The predicted molar refractivity (Wildman–Crippen MR) is 104 cm³/mol. The van der Waals surface area contributed by atoms with Crippen molar-refractivity contribution in [3.05, 3.63) is 64.2 Å². The molecule has 3 rings (SSSR count). The van der Waals surface area contributed by atoms with E-state index in [1.165, 1.54) is 17.3 Å². The Morgan fingerprint density at radius 2 is 1.69 bits per heavy atom. The van der Waals surface area contributed by atoms with Crippen LogP contribution in [0.5, 0.6) is 0 Å². The molecule has 1 aromatic heterocycles. The molecule has 0 saturated carbocycles. The van der Waals surface area contributed by atoms with Gasteiger partial charge in [-0.3, -0.25) is 4.79 Å². The molecule has 26 heavy (non-hydrogen) atoms. The Hall–Kier alpha value is -2.47. The van der Waals surface area contributed by atoms with Crippen LogP contribution in [0.15, 0.2) is 41.6 Å². The molecule has 0 aliphatic rings. The van der Waals surface area contributed by atoms with E-state index in [4.69, 9.17) is 0 Å². The van der Waals surface area contributed by atoms with Crippen LogP contribution in [0.4, 0.5) is 0 Å². The summed E-state index contributed by atoms with van der Waals surface area (Å²) in [6, 6.07) is 12.0. The van der Waals surface area contributed by atoms with Crippen molar-refractivity contribution >= 4 is 17.5 Å². The highest BCUT2D eigenvalue weighted by molar-refractivity contribution is 8.00. The minimum atomic E-state index is -0.287. The number of Topliss-reactive ketones (excluding diaryl/α,β-unsaturated/α-hetero) is 1. The third-order valence-electron chi connectivity index (χ3n) is 4.54. The Labute approximate surface area is 157 Å². The predicted octanol–water partition coefficient (Wildman–Crippen LogP) is 4.26. The van der Waals surface area contributed by atoms with Crippen LogP contribution in [0.1, 0.15) is 39.5 Å². The molecule has 0 aliphatic carbocycles. The molecule has 0 bridgehead atoms. The lowest BCUT2D eigenvalue weighted by molar-refractivity contribution is 0.0993. The van der Waals surface area contributed by atoms with Crippen LogP contribution in [-0.2, 0) is 0 Å². The van der Waals surface area contributed by atoms with Crippen LogP contribution in [0.2, 0.25) is 0 Å². The Kier molecular flexibility index (Phi) is 5.23. The molecular weight excluding hydrogens is 344 g/mol. The summed E-state index contributed by atoms with van der Waals surface area (Å²) < 4.78 is 1.69. The lowest BCUT2D eigenvalue weighted by atomic mass is 9.97. The van der Waals surface area contributed by atoms with Gasteiger partial charge in [0.05, 0.1) is 10.9 Å². The molecule has 0 aliphatic heterocycles. The first kappa shape index (κ1) is 18.3. The Balaban J connectivity index is 1.87. The van der Waals surface area contributed by atoms with E-state index in [-0.39, 0.29) is 11.0 Å². The van der Waals surface area contributed by atoms with Crippen LogP contribution >= 0.6 is 11.8 Å². The molecule has 134 valence electrons. The van der Waals surface area contributed by atoms with Gasteiger partial charge in [-0.1, -0.05) is 36.0 Å². The summed E-state index contributed by atoms with van der Waals surface area (Å²) in [5.41, 5.74) is 6.09. The molecule has 0 radical (unpaired) electrons. The first-order valence-corrected chi connectivity index (χ1v) is 9.39. The standard InChI is InChI=1S/C20H22N4OS/c1-12-8-6-7-9-18(12)24-20(21-22-23-24)26-16(5)19(25)17-11-14(3)13(2)10-15(17)4/h6-11,16H,1-5H3/t16-/m1/s1. The number of ketones is 1. The van der Waals surface area contributed by atoms with Gasteiger partial charge in [-0.05, 0) is 79.4 Å². The van der Waals surface area contributed by atoms with Crippen LogP contribution in [0, 0.1) is 27.7 Å². The number of hydrogen-bond acceptors (Lipinski definition) is 5. The number of hydrogen-bond donors (Lipinski definition) is 0. The number of carbonyl (C=O) groups is 1. The van der Waals surface area contributed by atoms with Crippen LogP contribution in [0.3, 0.4) is 0 Å². The third-order valence-corrected chi connectivity index (χ3v) is 5.58. The van der Waals surface area contributed by atoms with Crippen LogP contribution in [0.25, 0.3) is 5.69 Å². The number of aryl methyl sites for hydroxylation is 4. The molecule has 2 aromatic carbocycles. The second kappa shape index (κ2) is 7.41. The fraction of sp³-hybridized carbons (Fsp3) is 0.300. The first-order chi connectivity index (χ1) is 12.4. The van der Waals surface area contributed by atoms with E-state index in [0.717, 1.165) is 27.9 Å². The van der Waals surface area contributed by atoms with Gasteiger partial charge < -0.3 is 0 Å². The van der Waals surface area contributed by atoms with Crippen LogP contribution in [-0.4, -0.2) is 31.2 Å². The van der Waals surface area contributed by atoms with Gasteiger partial charge in [0.15, 0.2) is 5.78 Å². The van der Waals surface area contributed by atoms with E-state index in [1.54, 1.807) is 4.68 Å². The quantitative estimate of drug-likeness (QED) is 0.499. The van der Waals surface area contributed by atoms with Crippen molar-refractivity contribution < 1.29 is 4.79 Å². The van der Waals surface area contributed by atoms with E-state index in [9.17, 15) is 4.79 Å². The first-order valence-electron chi connectivity index (χ1n) is 8.51. The molecule has 0 fully saturated rings. The van der Waals surface area contributed by atoms with Crippen molar-refractivity contribution in [2.45, 2.75) is 45.0 Å². The lowest BCUT2D eigenvalue weighted by Gasteiger charge is -2.14. The van der Waals surface area contributed by atoms with Gasteiger partial charge in [-0.2, -0.15) is 4.68 Å². The lowest BCUT2D eigenvalue weighted by Crippen LogP contribution is -2.16. The summed E-state index contributed by atoms with van der Waals surface area (Å²) in [6.45, 7) is 9.98. The van der Waals surface area contributed by atoms with Gasteiger partial charge in [-0.15, -0.1) is 5.10 Å². The average molecular weight is 366 g/mol. The maximum absolute atomic E-state index is 13.0. The van der Waals surface area contributed by atoms with Crippen molar-refractivity contribution in [1.29, 1.82) is 0 Å². The third kappa shape index (κ3) is 3.55. The molecule has 0 spiro atoms. The number of rotatable bonds is 5. The highest BCUT2D eigenvalue weighted by atomic mass is 32.2. The minimum absolute atomic E-state index is 0.0925. The molecule has 0 saturated heterocycles. The summed E-state index contributed by atoms with van der Waals surface area (Å²) in [6.07, 6.45) is 0. The average Bonchev–Trinajstić information content (AvgIpc) is 3.05. The normalized spacial score (nSPS) is 12.2. The molecule has 6 heteroatoms. The van der Waals surface area contributed by atoms with Gasteiger partial charge in [0.2, 0.25) is 5.16 Å². The summed E-state index contributed by atoms with van der Waals surface area (Å²) >= 11 is 1.38. The van der Waals surface area contributed by atoms with E-state index in [1.807, 2.05) is 58.0 Å². The number of aromatic nitrogens is 4. The fourth-order valence-electron chi connectivity index (χ4n) is 2.86. The maximum Gasteiger partial charge on any atom is 0.214 e. The molecule has 1 heterocycles. The number of para-hydroxylation sites is 1. The number of thioether (sulfide) groups is 1. The smallest absolute Gasteiger partial charge is 0.214 e. The topological polar surface area (TPSA) is 60.7 Å². The fourth-order valence-corrected chi connectivity index (χ4v) is 3.73. The van der Waals surface area contributed by atoms with Crippen molar-refractivity contribution in [1.82, 2.24) is 20.2 Å². The zero-order valence-electron chi connectivity index (χ0n) is 15.6. The minimum Gasteiger partial charge on any atom is -0.293 e. The largest absolute Gasteiger partial charge is 0.293 e. The van der Waals surface area contributed by atoms with Gasteiger partial charge in [0.25, 0.3) is 0 Å². The maximum atomic E-state index is 13.0. The van der Waals surface area contributed by atoms with E-state index >= 15 is 0 Å². The Morgan fingerprint density at radius 3 is 2.42 bits per heavy atom.